The Morgan fingerprint density at radius 2 is 1.85 bits per heavy atom. The SMILES string of the molecule is COc1cc(OC)c(NC(=O)c2csc(-c3ccc(F)cc3)n2)cc1Cl. The van der Waals surface area contributed by atoms with Crippen molar-refractivity contribution in [3.8, 4) is 22.1 Å². The minimum Gasteiger partial charge on any atom is -0.495 e. The number of benzene rings is 2. The predicted octanol–water partition coefficient (Wildman–Crippen LogP) is 4.87. The maximum absolute atomic E-state index is 13.0. The summed E-state index contributed by atoms with van der Waals surface area (Å²) in [5.41, 5.74) is 1.38. The van der Waals surface area contributed by atoms with Gasteiger partial charge >= 0.3 is 0 Å². The molecule has 0 bridgehead atoms. The molecule has 26 heavy (non-hydrogen) atoms. The van der Waals surface area contributed by atoms with Gasteiger partial charge in [-0.25, -0.2) is 9.37 Å². The molecule has 2 aromatic carbocycles. The third-order valence-electron chi connectivity index (χ3n) is 3.55. The molecule has 0 atom stereocenters. The summed E-state index contributed by atoms with van der Waals surface area (Å²) < 4.78 is 23.4. The van der Waals surface area contributed by atoms with E-state index in [4.69, 9.17) is 21.1 Å². The Kier molecular flexibility index (Phi) is 5.39. The van der Waals surface area contributed by atoms with Crippen LogP contribution in [0.25, 0.3) is 10.6 Å². The molecule has 8 heteroatoms. The van der Waals surface area contributed by atoms with E-state index in [9.17, 15) is 9.18 Å². The number of methoxy groups -OCH3 is 2. The van der Waals surface area contributed by atoms with Crippen LogP contribution in [0, 0.1) is 5.82 Å². The molecule has 1 heterocycles. The lowest BCUT2D eigenvalue weighted by Crippen LogP contribution is -2.13. The summed E-state index contributed by atoms with van der Waals surface area (Å²) in [4.78, 5) is 16.8. The fourth-order valence-corrected chi connectivity index (χ4v) is 3.29. The lowest BCUT2D eigenvalue weighted by molar-refractivity contribution is 0.102. The minimum atomic E-state index is -0.408. The first-order valence-electron chi connectivity index (χ1n) is 7.46. The van der Waals surface area contributed by atoms with Crippen molar-refractivity contribution >= 4 is 34.5 Å². The van der Waals surface area contributed by atoms with Crippen LogP contribution in [0.15, 0.2) is 41.8 Å². The summed E-state index contributed by atoms with van der Waals surface area (Å²) in [6.07, 6.45) is 0. The minimum absolute atomic E-state index is 0.239. The average molecular weight is 393 g/mol. The van der Waals surface area contributed by atoms with Crippen molar-refractivity contribution in [1.82, 2.24) is 4.98 Å². The van der Waals surface area contributed by atoms with Crippen LogP contribution >= 0.6 is 22.9 Å². The van der Waals surface area contributed by atoms with Crippen molar-refractivity contribution in [2.75, 3.05) is 19.5 Å². The fraction of sp³-hybridized carbons (Fsp3) is 0.111. The Morgan fingerprint density at radius 1 is 1.15 bits per heavy atom. The van der Waals surface area contributed by atoms with Gasteiger partial charge in [0.15, 0.2) is 0 Å². The summed E-state index contributed by atoms with van der Waals surface area (Å²) in [5, 5.41) is 5.32. The quantitative estimate of drug-likeness (QED) is 0.672. The van der Waals surface area contributed by atoms with Crippen LogP contribution in [0.4, 0.5) is 10.1 Å². The number of anilines is 1. The molecule has 0 aliphatic rings. The number of hydrogen-bond acceptors (Lipinski definition) is 5. The zero-order chi connectivity index (χ0) is 18.7. The van der Waals surface area contributed by atoms with Gasteiger partial charge in [-0.3, -0.25) is 4.79 Å². The molecule has 1 amide bonds. The molecule has 0 saturated heterocycles. The van der Waals surface area contributed by atoms with E-state index in [0.29, 0.717) is 27.2 Å². The third-order valence-corrected chi connectivity index (χ3v) is 4.74. The predicted molar refractivity (Wildman–Crippen MR) is 100 cm³/mol. The second kappa shape index (κ2) is 7.72. The lowest BCUT2D eigenvalue weighted by atomic mass is 10.2. The molecule has 0 fully saturated rings. The molecule has 0 aliphatic carbocycles. The molecule has 0 saturated carbocycles. The summed E-state index contributed by atoms with van der Waals surface area (Å²) in [6, 6.07) is 9.05. The van der Waals surface area contributed by atoms with E-state index < -0.39 is 5.91 Å². The van der Waals surface area contributed by atoms with Crippen LogP contribution in [-0.2, 0) is 0 Å². The monoisotopic (exact) mass is 392 g/mol. The van der Waals surface area contributed by atoms with Gasteiger partial charge in [-0.05, 0) is 30.3 Å². The molecule has 0 unspecified atom stereocenters. The van der Waals surface area contributed by atoms with E-state index >= 15 is 0 Å². The van der Waals surface area contributed by atoms with Gasteiger partial charge in [0.05, 0.1) is 24.9 Å². The Balaban J connectivity index is 1.83. The molecule has 134 valence electrons. The van der Waals surface area contributed by atoms with E-state index in [1.54, 1.807) is 29.6 Å². The molecule has 1 N–H and O–H groups in total. The molecule has 0 radical (unpaired) electrons. The number of carbonyl (C=O) groups excluding carboxylic acids is 1. The highest BCUT2D eigenvalue weighted by Gasteiger charge is 2.16. The number of hydrogen-bond donors (Lipinski definition) is 1. The number of rotatable bonds is 5. The van der Waals surface area contributed by atoms with Crippen molar-refractivity contribution < 1.29 is 18.7 Å². The summed E-state index contributed by atoms with van der Waals surface area (Å²) in [5.74, 6) is 0.114. The van der Waals surface area contributed by atoms with E-state index in [0.717, 1.165) is 5.56 Å². The van der Waals surface area contributed by atoms with Crippen molar-refractivity contribution in [2.45, 2.75) is 0 Å². The molecular weight excluding hydrogens is 379 g/mol. The summed E-state index contributed by atoms with van der Waals surface area (Å²) >= 11 is 7.40. The van der Waals surface area contributed by atoms with E-state index in [-0.39, 0.29) is 11.5 Å². The van der Waals surface area contributed by atoms with Gasteiger partial charge in [0.2, 0.25) is 0 Å². The topological polar surface area (TPSA) is 60.5 Å². The van der Waals surface area contributed by atoms with Gasteiger partial charge in [-0.15, -0.1) is 11.3 Å². The number of thiazole rings is 1. The van der Waals surface area contributed by atoms with Gasteiger partial charge in [-0.1, -0.05) is 11.6 Å². The Labute approximate surface area is 158 Å². The van der Waals surface area contributed by atoms with Gasteiger partial charge in [0, 0.05) is 17.0 Å². The van der Waals surface area contributed by atoms with E-state index in [1.165, 1.54) is 37.7 Å². The fourth-order valence-electron chi connectivity index (χ4n) is 2.25. The van der Waals surface area contributed by atoms with Crippen LogP contribution < -0.4 is 14.8 Å². The second-order valence-corrected chi connectivity index (χ2v) is 6.45. The molecule has 0 spiro atoms. The molecule has 3 aromatic rings. The smallest absolute Gasteiger partial charge is 0.275 e. The molecule has 5 nitrogen and oxygen atoms in total. The highest BCUT2D eigenvalue weighted by atomic mass is 35.5. The summed E-state index contributed by atoms with van der Waals surface area (Å²) in [7, 11) is 2.97. The number of aromatic nitrogens is 1. The van der Waals surface area contributed by atoms with Crippen molar-refractivity contribution in [3.63, 3.8) is 0 Å². The average Bonchev–Trinajstić information content (AvgIpc) is 3.13. The molecule has 3 rings (SSSR count). The maximum Gasteiger partial charge on any atom is 0.275 e. The van der Waals surface area contributed by atoms with Gasteiger partial charge in [0.1, 0.15) is 28.0 Å². The van der Waals surface area contributed by atoms with Crippen molar-refractivity contribution in [1.29, 1.82) is 0 Å². The summed E-state index contributed by atoms with van der Waals surface area (Å²) in [6.45, 7) is 0. The zero-order valence-electron chi connectivity index (χ0n) is 13.9. The van der Waals surface area contributed by atoms with Crippen molar-refractivity contribution in [2.24, 2.45) is 0 Å². The van der Waals surface area contributed by atoms with Crippen LogP contribution in [0.5, 0.6) is 11.5 Å². The van der Waals surface area contributed by atoms with Gasteiger partial charge in [-0.2, -0.15) is 0 Å². The normalized spacial score (nSPS) is 10.5. The first-order valence-corrected chi connectivity index (χ1v) is 8.72. The number of carbonyl (C=O) groups is 1. The molecular formula is C18H14ClFN2O3S. The van der Waals surface area contributed by atoms with Gasteiger partial charge < -0.3 is 14.8 Å². The number of ether oxygens (including phenoxy) is 2. The second-order valence-electron chi connectivity index (χ2n) is 5.19. The highest BCUT2D eigenvalue weighted by molar-refractivity contribution is 7.13. The van der Waals surface area contributed by atoms with Crippen LogP contribution in [0.1, 0.15) is 10.5 Å². The van der Waals surface area contributed by atoms with Crippen LogP contribution in [0.2, 0.25) is 5.02 Å². The zero-order valence-corrected chi connectivity index (χ0v) is 15.5. The third kappa shape index (κ3) is 3.79. The molecule has 1 aromatic heterocycles. The molecule has 0 aliphatic heterocycles. The van der Waals surface area contributed by atoms with Crippen LogP contribution in [0.3, 0.4) is 0 Å². The Bertz CT molecular complexity index is 944. The highest BCUT2D eigenvalue weighted by Crippen LogP contribution is 2.36. The number of nitrogens with zero attached hydrogens (tertiary/aromatic N) is 1. The van der Waals surface area contributed by atoms with Crippen molar-refractivity contribution in [3.05, 3.63) is 58.3 Å². The van der Waals surface area contributed by atoms with E-state index in [1.807, 2.05) is 0 Å². The first-order chi connectivity index (χ1) is 12.5. The number of amides is 1. The Morgan fingerprint density at radius 3 is 2.50 bits per heavy atom. The number of nitrogens with one attached hydrogen (secondary N) is 1. The van der Waals surface area contributed by atoms with E-state index in [2.05, 4.69) is 10.3 Å². The van der Waals surface area contributed by atoms with Crippen LogP contribution in [-0.4, -0.2) is 25.1 Å². The number of halogens is 2. The standard InChI is InChI=1S/C18H14ClFN2O3S/c1-24-15-8-16(25-2)13(7-12(15)19)21-17(23)14-9-26-18(22-14)10-3-5-11(20)6-4-10/h3-9H,1-2H3,(H,21,23). The maximum atomic E-state index is 13.0. The largest absolute Gasteiger partial charge is 0.495 e. The lowest BCUT2D eigenvalue weighted by Gasteiger charge is -2.12. The first kappa shape index (κ1) is 18.2. The van der Waals surface area contributed by atoms with Gasteiger partial charge in [0.25, 0.3) is 5.91 Å². The Hall–Kier alpha value is -2.64.